The first-order valence-electron chi connectivity index (χ1n) is 9.58. The second kappa shape index (κ2) is 6.98. The molecule has 2 atom stereocenters. The van der Waals surface area contributed by atoms with Gasteiger partial charge in [0.25, 0.3) is 0 Å². The normalized spacial score (nSPS) is 24.6. The van der Waals surface area contributed by atoms with E-state index < -0.39 is 0 Å². The summed E-state index contributed by atoms with van der Waals surface area (Å²) in [5, 5.41) is 7.55. The third kappa shape index (κ3) is 3.16. The molecule has 0 aliphatic heterocycles. The first kappa shape index (κ1) is 18.2. The molecule has 0 radical (unpaired) electrons. The molecule has 1 spiro atoms. The summed E-state index contributed by atoms with van der Waals surface area (Å²) in [6.45, 7) is 6.99. The zero-order valence-electron chi connectivity index (χ0n) is 16.2. The van der Waals surface area contributed by atoms with Gasteiger partial charge in [0.15, 0.2) is 0 Å². The average Bonchev–Trinajstić information content (AvgIpc) is 3.19. The number of anilines is 1. The van der Waals surface area contributed by atoms with Crippen LogP contribution in [-0.2, 0) is 11.8 Å². The van der Waals surface area contributed by atoms with E-state index in [9.17, 15) is 4.79 Å². The fraction of sp³-hybridized carbons (Fsp3) is 0.789. The minimum absolute atomic E-state index is 0.0406. The number of nitrogens with zero attached hydrogens (tertiary/aromatic N) is 3. The van der Waals surface area contributed by atoms with Crippen LogP contribution in [0.25, 0.3) is 0 Å². The molecule has 2 aliphatic rings. The third-order valence-corrected chi connectivity index (χ3v) is 6.08. The van der Waals surface area contributed by atoms with Gasteiger partial charge in [0.05, 0.1) is 17.5 Å². The number of hydrogen-bond acceptors (Lipinski definition) is 3. The number of rotatable bonds is 5. The maximum atomic E-state index is 12.9. The lowest BCUT2D eigenvalue weighted by Gasteiger charge is -2.56. The fourth-order valence-electron chi connectivity index (χ4n) is 4.77. The minimum Gasteiger partial charge on any atom is -0.378 e. The summed E-state index contributed by atoms with van der Waals surface area (Å²) < 4.78 is 7.74. The van der Waals surface area contributed by atoms with Gasteiger partial charge in [-0.05, 0) is 32.1 Å². The smallest absolute Gasteiger partial charge is 0.321 e. The number of nitrogens with one attached hydrogen (secondary N) is 1. The second-order valence-electron chi connectivity index (χ2n) is 7.93. The Bertz CT molecular complexity index is 619. The Kier molecular flexibility index (Phi) is 5.09. The monoisotopic (exact) mass is 348 g/mol. The molecule has 2 saturated carbocycles. The van der Waals surface area contributed by atoms with Crippen LogP contribution in [0.15, 0.2) is 6.20 Å². The third-order valence-electron chi connectivity index (χ3n) is 6.08. The van der Waals surface area contributed by atoms with Crippen molar-refractivity contribution in [1.82, 2.24) is 14.7 Å². The molecule has 2 fully saturated rings. The van der Waals surface area contributed by atoms with Gasteiger partial charge in [-0.15, -0.1) is 0 Å². The standard InChI is InChI=1S/C19H32N4O2/c1-6-25-16-11-15(19(16)9-7-8-10-19)23(5)18(24)20-14-12-22(4)21-17(14)13(2)3/h12-13,15-16H,6-11H2,1-5H3,(H,20,24)/t15-,16-/m1/s1. The molecule has 0 bridgehead atoms. The number of carbonyl (C=O) groups excluding carboxylic acids is 1. The van der Waals surface area contributed by atoms with Crippen molar-refractivity contribution in [2.24, 2.45) is 12.5 Å². The topological polar surface area (TPSA) is 59.4 Å². The molecule has 1 aromatic rings. The van der Waals surface area contributed by atoms with Gasteiger partial charge in [-0.25, -0.2) is 4.79 Å². The van der Waals surface area contributed by atoms with Gasteiger partial charge in [0.1, 0.15) is 0 Å². The summed E-state index contributed by atoms with van der Waals surface area (Å²) in [7, 11) is 3.81. The molecular weight excluding hydrogens is 316 g/mol. The molecule has 1 heterocycles. The minimum atomic E-state index is -0.0406. The van der Waals surface area contributed by atoms with Gasteiger partial charge in [0.2, 0.25) is 0 Å². The highest BCUT2D eigenvalue weighted by atomic mass is 16.5. The Morgan fingerprint density at radius 2 is 2.16 bits per heavy atom. The number of urea groups is 1. The Labute approximate surface area is 150 Å². The predicted octanol–water partition coefficient (Wildman–Crippen LogP) is 3.75. The van der Waals surface area contributed by atoms with E-state index in [2.05, 4.69) is 31.2 Å². The first-order chi connectivity index (χ1) is 11.9. The lowest BCUT2D eigenvalue weighted by atomic mass is 9.60. The van der Waals surface area contributed by atoms with Gasteiger partial charge in [-0.1, -0.05) is 26.7 Å². The van der Waals surface area contributed by atoms with Gasteiger partial charge in [0, 0.05) is 38.4 Å². The summed E-state index contributed by atoms with van der Waals surface area (Å²) in [5.74, 6) is 0.272. The van der Waals surface area contributed by atoms with Gasteiger partial charge in [-0.2, -0.15) is 5.10 Å². The summed E-state index contributed by atoms with van der Waals surface area (Å²) in [5.41, 5.74) is 1.91. The molecule has 1 aromatic heterocycles. The van der Waals surface area contributed by atoms with E-state index in [1.54, 1.807) is 4.68 Å². The Morgan fingerprint density at radius 3 is 2.76 bits per heavy atom. The predicted molar refractivity (Wildman–Crippen MR) is 98.8 cm³/mol. The molecule has 0 unspecified atom stereocenters. The van der Waals surface area contributed by atoms with Gasteiger partial charge >= 0.3 is 6.03 Å². The molecule has 6 nitrogen and oxygen atoms in total. The van der Waals surface area contributed by atoms with Crippen molar-refractivity contribution in [3.8, 4) is 0 Å². The van der Waals surface area contributed by atoms with Crippen LogP contribution in [0.3, 0.4) is 0 Å². The molecule has 1 N–H and O–H groups in total. The van der Waals surface area contributed by atoms with E-state index in [-0.39, 0.29) is 23.4 Å². The van der Waals surface area contributed by atoms with Crippen LogP contribution in [0.4, 0.5) is 10.5 Å². The molecule has 2 amide bonds. The van der Waals surface area contributed by atoms with Gasteiger partial charge in [-0.3, -0.25) is 4.68 Å². The Morgan fingerprint density at radius 1 is 1.48 bits per heavy atom. The van der Waals surface area contributed by atoms with Crippen molar-refractivity contribution >= 4 is 11.7 Å². The van der Waals surface area contributed by atoms with Crippen molar-refractivity contribution in [2.45, 2.75) is 70.9 Å². The molecule has 140 valence electrons. The lowest BCUT2D eigenvalue weighted by Crippen LogP contribution is -2.64. The largest absolute Gasteiger partial charge is 0.378 e. The van der Waals surface area contributed by atoms with Crippen molar-refractivity contribution in [2.75, 3.05) is 19.0 Å². The zero-order chi connectivity index (χ0) is 18.2. The van der Waals surface area contributed by atoms with Crippen molar-refractivity contribution in [3.63, 3.8) is 0 Å². The van der Waals surface area contributed by atoms with Crippen LogP contribution in [0.2, 0.25) is 0 Å². The Hall–Kier alpha value is -1.56. The highest BCUT2D eigenvalue weighted by Gasteiger charge is 2.58. The van der Waals surface area contributed by atoms with E-state index >= 15 is 0 Å². The van der Waals surface area contributed by atoms with Crippen LogP contribution in [0.5, 0.6) is 0 Å². The lowest BCUT2D eigenvalue weighted by molar-refractivity contribution is -0.150. The zero-order valence-corrected chi connectivity index (χ0v) is 16.2. The number of aromatic nitrogens is 2. The number of amides is 2. The summed E-state index contributed by atoms with van der Waals surface area (Å²) in [4.78, 5) is 14.8. The van der Waals surface area contributed by atoms with Crippen LogP contribution >= 0.6 is 0 Å². The second-order valence-corrected chi connectivity index (χ2v) is 7.93. The summed E-state index contributed by atoms with van der Waals surface area (Å²) in [6, 6.07) is 0.229. The summed E-state index contributed by atoms with van der Waals surface area (Å²) >= 11 is 0. The quantitative estimate of drug-likeness (QED) is 0.882. The van der Waals surface area contributed by atoms with Crippen molar-refractivity contribution in [1.29, 1.82) is 0 Å². The van der Waals surface area contributed by atoms with E-state index in [0.29, 0.717) is 6.10 Å². The first-order valence-corrected chi connectivity index (χ1v) is 9.58. The fourth-order valence-corrected chi connectivity index (χ4v) is 4.77. The molecule has 25 heavy (non-hydrogen) atoms. The number of carbonyl (C=O) groups is 1. The number of hydrogen-bond donors (Lipinski definition) is 1. The van der Waals surface area contributed by atoms with E-state index in [0.717, 1.165) is 24.4 Å². The highest BCUT2D eigenvalue weighted by Crippen LogP contribution is 2.56. The molecule has 0 aromatic carbocycles. The van der Waals surface area contributed by atoms with Crippen molar-refractivity contribution < 1.29 is 9.53 Å². The SMILES string of the molecule is CCO[C@@H]1C[C@@H](N(C)C(=O)Nc2cn(C)nc2C(C)C)C12CCCC2. The highest BCUT2D eigenvalue weighted by molar-refractivity contribution is 5.90. The maximum Gasteiger partial charge on any atom is 0.321 e. The molecule has 6 heteroatoms. The van der Waals surface area contributed by atoms with Crippen LogP contribution in [-0.4, -0.2) is 46.5 Å². The molecular formula is C19H32N4O2. The van der Waals surface area contributed by atoms with Crippen LogP contribution < -0.4 is 5.32 Å². The number of ether oxygens (including phenoxy) is 1. The van der Waals surface area contributed by atoms with E-state index in [4.69, 9.17) is 4.74 Å². The Balaban J connectivity index is 1.71. The number of aryl methyl sites for hydroxylation is 1. The molecule has 0 saturated heterocycles. The van der Waals surface area contributed by atoms with Gasteiger partial charge < -0.3 is 15.0 Å². The molecule has 2 aliphatic carbocycles. The summed E-state index contributed by atoms with van der Waals surface area (Å²) in [6.07, 6.45) is 7.97. The molecule has 3 rings (SSSR count). The van der Waals surface area contributed by atoms with Crippen LogP contribution in [0.1, 0.15) is 64.5 Å². The van der Waals surface area contributed by atoms with E-state index in [1.807, 2.05) is 25.2 Å². The maximum absolute atomic E-state index is 12.9. The average molecular weight is 348 g/mol. The van der Waals surface area contributed by atoms with Crippen LogP contribution in [0, 0.1) is 5.41 Å². The van der Waals surface area contributed by atoms with E-state index in [1.165, 1.54) is 25.7 Å². The van der Waals surface area contributed by atoms with Crippen molar-refractivity contribution in [3.05, 3.63) is 11.9 Å².